The van der Waals surface area contributed by atoms with Crippen molar-refractivity contribution in [1.82, 2.24) is 25.1 Å². The molecule has 0 saturated carbocycles. The molecule has 0 unspecified atom stereocenters. The number of benzene rings is 2. The van der Waals surface area contributed by atoms with E-state index in [1.54, 1.807) is 14.2 Å². The number of rotatable bonds is 5. The van der Waals surface area contributed by atoms with E-state index in [2.05, 4.69) is 15.5 Å². The number of carbonyl (C=O) groups is 1. The molecule has 0 fully saturated rings. The maximum absolute atomic E-state index is 13.4. The van der Waals surface area contributed by atoms with Crippen LogP contribution in [0.3, 0.4) is 0 Å². The number of aromatic nitrogens is 4. The van der Waals surface area contributed by atoms with Gasteiger partial charge in [-0.05, 0) is 45.7 Å². The van der Waals surface area contributed by atoms with E-state index in [0.717, 1.165) is 17.5 Å². The molecular weight excluding hydrogens is 358 g/mol. The summed E-state index contributed by atoms with van der Waals surface area (Å²) in [7, 11) is 3.23. The zero-order chi connectivity index (χ0) is 19.5. The largest absolute Gasteiger partial charge is 0.493 e. The lowest BCUT2D eigenvalue weighted by molar-refractivity contribution is -0.134. The molecule has 1 aliphatic rings. The highest BCUT2D eigenvalue weighted by Crippen LogP contribution is 2.34. The van der Waals surface area contributed by atoms with Gasteiger partial charge >= 0.3 is 0 Å². The number of methoxy groups -OCH3 is 2. The second-order valence-electron chi connectivity index (χ2n) is 6.59. The molecule has 0 saturated heterocycles. The number of nitrogens with zero attached hydrogens (tertiary/aromatic N) is 5. The summed E-state index contributed by atoms with van der Waals surface area (Å²) in [4.78, 5) is 15.3. The van der Waals surface area contributed by atoms with Gasteiger partial charge in [-0.2, -0.15) is 0 Å². The maximum atomic E-state index is 13.4. The number of ether oxygens (including phenoxy) is 2. The highest BCUT2D eigenvalue weighted by atomic mass is 16.5. The number of hydrogen-bond acceptors (Lipinski definition) is 6. The summed E-state index contributed by atoms with van der Waals surface area (Å²) in [6.45, 7) is 1.12. The normalized spacial score (nSPS) is 14.3. The van der Waals surface area contributed by atoms with E-state index in [4.69, 9.17) is 9.47 Å². The Bertz CT molecular complexity index is 959. The lowest BCUT2D eigenvalue weighted by Gasteiger charge is -2.32. The first kappa shape index (κ1) is 18.0. The van der Waals surface area contributed by atoms with Gasteiger partial charge in [0.25, 0.3) is 5.91 Å². The molecule has 0 spiro atoms. The summed E-state index contributed by atoms with van der Waals surface area (Å²) < 4.78 is 12.3. The van der Waals surface area contributed by atoms with Crippen LogP contribution < -0.4 is 9.47 Å². The third-order valence-corrected chi connectivity index (χ3v) is 5.01. The van der Waals surface area contributed by atoms with Crippen LogP contribution in [0.4, 0.5) is 0 Å². The van der Waals surface area contributed by atoms with E-state index < -0.39 is 6.04 Å². The molecule has 0 bridgehead atoms. The van der Waals surface area contributed by atoms with Crippen molar-refractivity contribution in [1.29, 1.82) is 0 Å². The van der Waals surface area contributed by atoms with Crippen molar-refractivity contribution in [3.05, 3.63) is 65.5 Å². The summed E-state index contributed by atoms with van der Waals surface area (Å²) >= 11 is 0. The second-order valence-corrected chi connectivity index (χ2v) is 6.59. The molecule has 3 aromatic rings. The molecule has 2 heterocycles. The SMILES string of the molecule is COc1cc2c(cc1OC)CN(C(=O)[C@H](c1ccccc1)n1cnnn1)CC2. The fourth-order valence-electron chi connectivity index (χ4n) is 3.57. The lowest BCUT2D eigenvalue weighted by atomic mass is 9.97. The predicted octanol–water partition coefficient (Wildman–Crippen LogP) is 1.86. The summed E-state index contributed by atoms with van der Waals surface area (Å²) in [6.07, 6.45) is 2.22. The highest BCUT2D eigenvalue weighted by molar-refractivity contribution is 5.84. The monoisotopic (exact) mass is 379 g/mol. The van der Waals surface area contributed by atoms with Crippen LogP contribution >= 0.6 is 0 Å². The van der Waals surface area contributed by atoms with Gasteiger partial charge in [0.2, 0.25) is 0 Å². The molecule has 28 heavy (non-hydrogen) atoms. The Hall–Kier alpha value is -3.42. The first-order chi connectivity index (χ1) is 13.7. The first-order valence-electron chi connectivity index (χ1n) is 9.01. The fourth-order valence-corrected chi connectivity index (χ4v) is 3.57. The van der Waals surface area contributed by atoms with E-state index in [9.17, 15) is 4.79 Å². The molecular formula is C20H21N5O3. The van der Waals surface area contributed by atoms with E-state index in [1.165, 1.54) is 16.6 Å². The Kier molecular flexibility index (Phi) is 4.92. The average molecular weight is 379 g/mol. The molecule has 0 N–H and O–H groups in total. The molecule has 1 amide bonds. The van der Waals surface area contributed by atoms with Gasteiger partial charge in [0.15, 0.2) is 17.5 Å². The number of amides is 1. The molecule has 2 aromatic carbocycles. The van der Waals surface area contributed by atoms with Crippen molar-refractivity contribution in [3.63, 3.8) is 0 Å². The lowest BCUT2D eigenvalue weighted by Crippen LogP contribution is -2.41. The first-order valence-corrected chi connectivity index (χ1v) is 9.01. The Labute approximate surface area is 162 Å². The Morgan fingerprint density at radius 3 is 2.43 bits per heavy atom. The molecule has 4 rings (SSSR count). The van der Waals surface area contributed by atoms with Crippen molar-refractivity contribution >= 4 is 5.91 Å². The minimum Gasteiger partial charge on any atom is -0.493 e. The van der Waals surface area contributed by atoms with Crippen molar-refractivity contribution in [2.24, 2.45) is 0 Å². The molecule has 8 heteroatoms. The third kappa shape index (κ3) is 3.28. The summed E-state index contributed by atoms with van der Waals surface area (Å²) in [5.41, 5.74) is 3.07. The van der Waals surface area contributed by atoms with E-state index >= 15 is 0 Å². The van der Waals surface area contributed by atoms with Gasteiger partial charge in [0.05, 0.1) is 14.2 Å². The van der Waals surface area contributed by atoms with Gasteiger partial charge in [0, 0.05) is 13.1 Å². The molecule has 144 valence electrons. The van der Waals surface area contributed by atoms with E-state index in [1.807, 2.05) is 47.4 Å². The molecule has 1 aliphatic heterocycles. The average Bonchev–Trinajstić information content (AvgIpc) is 3.27. The van der Waals surface area contributed by atoms with Crippen LogP contribution in [-0.2, 0) is 17.8 Å². The second kappa shape index (κ2) is 7.67. The topological polar surface area (TPSA) is 82.4 Å². The zero-order valence-corrected chi connectivity index (χ0v) is 15.8. The minimum absolute atomic E-state index is 0.0427. The van der Waals surface area contributed by atoms with Crippen molar-refractivity contribution in [2.45, 2.75) is 19.0 Å². The Balaban J connectivity index is 1.64. The number of fused-ring (bicyclic) bond motifs is 1. The quantitative estimate of drug-likeness (QED) is 0.673. The number of hydrogen-bond donors (Lipinski definition) is 0. The molecule has 1 aromatic heterocycles. The van der Waals surface area contributed by atoms with Crippen LogP contribution in [0.2, 0.25) is 0 Å². The maximum Gasteiger partial charge on any atom is 0.252 e. The van der Waals surface area contributed by atoms with Crippen LogP contribution in [0.1, 0.15) is 22.7 Å². The fraction of sp³-hybridized carbons (Fsp3) is 0.300. The van der Waals surface area contributed by atoms with Crippen molar-refractivity contribution < 1.29 is 14.3 Å². The van der Waals surface area contributed by atoms with Gasteiger partial charge in [0.1, 0.15) is 6.33 Å². The summed E-state index contributed by atoms with van der Waals surface area (Å²) in [6, 6.07) is 12.9. The van der Waals surface area contributed by atoms with Crippen molar-refractivity contribution in [2.75, 3.05) is 20.8 Å². The standard InChI is InChI=1S/C20H21N5O3/c1-27-17-10-15-8-9-24(12-16(15)11-18(17)28-2)20(26)19(25-13-21-22-23-25)14-6-4-3-5-7-14/h3-7,10-11,13,19H,8-9,12H2,1-2H3/t19-/m0/s1. The molecule has 0 radical (unpaired) electrons. The summed E-state index contributed by atoms with van der Waals surface area (Å²) in [5, 5.41) is 11.4. The van der Waals surface area contributed by atoms with Crippen LogP contribution in [0.5, 0.6) is 11.5 Å². The highest BCUT2D eigenvalue weighted by Gasteiger charge is 2.31. The minimum atomic E-state index is -0.599. The number of tetrazole rings is 1. The third-order valence-electron chi connectivity index (χ3n) is 5.01. The van der Waals surface area contributed by atoms with E-state index in [0.29, 0.717) is 24.6 Å². The molecule has 0 aliphatic carbocycles. The van der Waals surface area contributed by atoms with Crippen molar-refractivity contribution in [3.8, 4) is 11.5 Å². The van der Waals surface area contributed by atoms with Crippen LogP contribution in [0, 0.1) is 0 Å². The smallest absolute Gasteiger partial charge is 0.252 e. The van der Waals surface area contributed by atoms with Crippen LogP contribution in [0.15, 0.2) is 48.8 Å². The van der Waals surface area contributed by atoms with E-state index in [-0.39, 0.29) is 5.91 Å². The van der Waals surface area contributed by atoms with Gasteiger partial charge in [-0.1, -0.05) is 30.3 Å². The molecule has 8 nitrogen and oxygen atoms in total. The molecule has 1 atom stereocenters. The van der Waals surface area contributed by atoms with Gasteiger partial charge in [-0.15, -0.1) is 5.10 Å². The number of carbonyl (C=O) groups excluding carboxylic acids is 1. The predicted molar refractivity (Wildman–Crippen MR) is 101 cm³/mol. The van der Waals surface area contributed by atoms with Crippen LogP contribution in [0.25, 0.3) is 0 Å². The zero-order valence-electron chi connectivity index (χ0n) is 15.8. The Morgan fingerprint density at radius 1 is 1.07 bits per heavy atom. The summed E-state index contributed by atoms with van der Waals surface area (Å²) in [5.74, 6) is 1.33. The Morgan fingerprint density at radius 2 is 1.79 bits per heavy atom. The van der Waals surface area contributed by atoms with Gasteiger partial charge < -0.3 is 14.4 Å². The van der Waals surface area contributed by atoms with Gasteiger partial charge in [-0.3, -0.25) is 4.79 Å². The van der Waals surface area contributed by atoms with Crippen LogP contribution in [-0.4, -0.2) is 51.8 Å². The van der Waals surface area contributed by atoms with Gasteiger partial charge in [-0.25, -0.2) is 4.68 Å².